The molecular formula is C14H14ClN3. The van der Waals surface area contributed by atoms with Crippen LogP contribution in [0.25, 0.3) is 0 Å². The van der Waals surface area contributed by atoms with E-state index in [4.69, 9.17) is 11.6 Å². The van der Waals surface area contributed by atoms with Crippen LogP contribution in [0.4, 0.5) is 11.4 Å². The molecule has 1 aromatic carbocycles. The Kier molecular flexibility index (Phi) is 3.07. The molecule has 3 nitrogen and oxygen atoms in total. The molecule has 2 aromatic rings. The van der Waals surface area contributed by atoms with Crippen LogP contribution in [0.2, 0.25) is 5.15 Å². The van der Waals surface area contributed by atoms with Gasteiger partial charge in [-0.25, -0.2) is 4.98 Å². The van der Waals surface area contributed by atoms with E-state index in [-0.39, 0.29) is 0 Å². The second-order valence-electron chi connectivity index (χ2n) is 4.35. The van der Waals surface area contributed by atoms with Gasteiger partial charge in [-0.1, -0.05) is 29.8 Å². The summed E-state index contributed by atoms with van der Waals surface area (Å²) < 4.78 is 0. The summed E-state index contributed by atoms with van der Waals surface area (Å²) in [7, 11) is 0. The molecular weight excluding hydrogens is 246 g/mol. The van der Waals surface area contributed by atoms with Gasteiger partial charge in [0.2, 0.25) is 0 Å². The van der Waals surface area contributed by atoms with Crippen molar-refractivity contribution in [2.45, 2.75) is 13.0 Å². The van der Waals surface area contributed by atoms with Gasteiger partial charge < -0.3 is 10.6 Å². The first kappa shape index (κ1) is 11.4. The number of benzene rings is 1. The lowest BCUT2D eigenvalue weighted by Crippen LogP contribution is -2.03. The molecule has 1 aliphatic rings. The summed E-state index contributed by atoms with van der Waals surface area (Å²) in [6.07, 6.45) is 2.82. The van der Waals surface area contributed by atoms with E-state index in [0.29, 0.717) is 5.15 Å². The standard InChI is InChI=1S/C14H14ClN3/c15-13-8-12(5-7-16-13)18-9-11-3-1-2-10-4-6-17-14(10)11/h1-3,5,7-8,17H,4,6,9H2,(H,16,18). The van der Waals surface area contributed by atoms with Gasteiger partial charge in [-0.2, -0.15) is 0 Å². The molecule has 3 rings (SSSR count). The second kappa shape index (κ2) is 4.86. The smallest absolute Gasteiger partial charge is 0.131 e. The number of aromatic nitrogens is 1. The van der Waals surface area contributed by atoms with Crippen LogP contribution in [0.1, 0.15) is 11.1 Å². The van der Waals surface area contributed by atoms with Gasteiger partial charge in [0, 0.05) is 30.7 Å². The number of rotatable bonds is 3. The first-order chi connectivity index (χ1) is 8.83. The predicted molar refractivity (Wildman–Crippen MR) is 75.2 cm³/mol. The monoisotopic (exact) mass is 259 g/mol. The minimum absolute atomic E-state index is 0.511. The van der Waals surface area contributed by atoms with E-state index in [9.17, 15) is 0 Å². The quantitative estimate of drug-likeness (QED) is 0.831. The van der Waals surface area contributed by atoms with Gasteiger partial charge in [0.15, 0.2) is 0 Å². The summed E-state index contributed by atoms with van der Waals surface area (Å²) in [4.78, 5) is 3.97. The zero-order valence-electron chi connectivity index (χ0n) is 9.91. The van der Waals surface area contributed by atoms with Crippen LogP contribution < -0.4 is 10.6 Å². The Bertz CT molecular complexity index is 569. The number of anilines is 2. The molecule has 1 aromatic heterocycles. The molecule has 0 saturated heterocycles. The number of nitrogens with zero attached hydrogens (tertiary/aromatic N) is 1. The van der Waals surface area contributed by atoms with Crippen molar-refractivity contribution < 1.29 is 0 Å². The number of halogens is 1. The van der Waals surface area contributed by atoms with Crippen LogP contribution in [0, 0.1) is 0 Å². The first-order valence-corrected chi connectivity index (χ1v) is 6.41. The lowest BCUT2D eigenvalue weighted by Gasteiger charge is -2.11. The van der Waals surface area contributed by atoms with E-state index in [1.807, 2.05) is 12.1 Å². The Labute approximate surface area is 111 Å². The Hall–Kier alpha value is -1.74. The van der Waals surface area contributed by atoms with Crippen LogP contribution in [0.3, 0.4) is 0 Å². The van der Waals surface area contributed by atoms with Gasteiger partial charge in [-0.3, -0.25) is 0 Å². The highest BCUT2D eigenvalue weighted by atomic mass is 35.5. The van der Waals surface area contributed by atoms with Crippen molar-refractivity contribution in [3.05, 3.63) is 52.8 Å². The zero-order valence-corrected chi connectivity index (χ0v) is 10.7. The lowest BCUT2D eigenvalue weighted by molar-refractivity contribution is 1.11. The highest BCUT2D eigenvalue weighted by Gasteiger charge is 2.12. The Morgan fingerprint density at radius 2 is 2.28 bits per heavy atom. The SMILES string of the molecule is Clc1cc(NCc2cccc3c2NCC3)ccn1. The Morgan fingerprint density at radius 1 is 1.33 bits per heavy atom. The predicted octanol–water partition coefficient (Wildman–Crippen LogP) is 3.32. The van der Waals surface area contributed by atoms with E-state index < -0.39 is 0 Å². The maximum atomic E-state index is 5.86. The third-order valence-corrected chi connectivity index (χ3v) is 3.35. The molecule has 0 spiro atoms. The number of para-hydroxylation sites is 1. The lowest BCUT2D eigenvalue weighted by atomic mass is 10.1. The van der Waals surface area contributed by atoms with Crippen molar-refractivity contribution in [3.8, 4) is 0 Å². The van der Waals surface area contributed by atoms with Crippen molar-refractivity contribution >= 4 is 23.0 Å². The van der Waals surface area contributed by atoms with E-state index in [1.54, 1.807) is 6.20 Å². The molecule has 0 fully saturated rings. The number of hydrogen-bond donors (Lipinski definition) is 2. The molecule has 2 heterocycles. The van der Waals surface area contributed by atoms with Crippen LogP contribution in [-0.2, 0) is 13.0 Å². The van der Waals surface area contributed by atoms with Gasteiger partial charge >= 0.3 is 0 Å². The molecule has 1 aliphatic heterocycles. The molecule has 0 bridgehead atoms. The fraction of sp³-hybridized carbons (Fsp3) is 0.214. The summed E-state index contributed by atoms with van der Waals surface area (Å²) in [5.41, 5.74) is 4.97. The number of pyridine rings is 1. The third-order valence-electron chi connectivity index (χ3n) is 3.14. The van der Waals surface area contributed by atoms with E-state index in [0.717, 1.165) is 25.2 Å². The molecule has 4 heteroatoms. The highest BCUT2D eigenvalue weighted by Crippen LogP contribution is 2.27. The summed E-state index contributed by atoms with van der Waals surface area (Å²) in [6.45, 7) is 1.82. The normalized spacial score (nSPS) is 12.9. The van der Waals surface area contributed by atoms with E-state index in [2.05, 4.69) is 33.8 Å². The molecule has 0 radical (unpaired) electrons. The first-order valence-electron chi connectivity index (χ1n) is 6.03. The van der Waals surface area contributed by atoms with Crippen LogP contribution in [0.15, 0.2) is 36.5 Å². The number of fused-ring (bicyclic) bond motifs is 1. The summed E-state index contributed by atoms with van der Waals surface area (Å²) in [6, 6.07) is 10.2. The topological polar surface area (TPSA) is 37.0 Å². The Balaban J connectivity index is 1.76. The average molecular weight is 260 g/mol. The van der Waals surface area contributed by atoms with Gasteiger partial charge in [0.25, 0.3) is 0 Å². The highest BCUT2D eigenvalue weighted by molar-refractivity contribution is 6.29. The Morgan fingerprint density at radius 3 is 3.17 bits per heavy atom. The summed E-state index contributed by atoms with van der Waals surface area (Å²) >= 11 is 5.86. The van der Waals surface area contributed by atoms with Crippen molar-refractivity contribution in [2.75, 3.05) is 17.2 Å². The van der Waals surface area contributed by atoms with E-state index in [1.165, 1.54) is 16.8 Å². The molecule has 0 amide bonds. The number of nitrogens with one attached hydrogen (secondary N) is 2. The second-order valence-corrected chi connectivity index (χ2v) is 4.74. The van der Waals surface area contributed by atoms with Crippen LogP contribution in [-0.4, -0.2) is 11.5 Å². The molecule has 18 heavy (non-hydrogen) atoms. The van der Waals surface area contributed by atoms with E-state index >= 15 is 0 Å². The van der Waals surface area contributed by atoms with Gasteiger partial charge in [-0.15, -0.1) is 0 Å². The van der Waals surface area contributed by atoms with Gasteiger partial charge in [-0.05, 0) is 29.7 Å². The van der Waals surface area contributed by atoms with Crippen LogP contribution in [0.5, 0.6) is 0 Å². The molecule has 0 saturated carbocycles. The maximum absolute atomic E-state index is 5.86. The minimum Gasteiger partial charge on any atom is -0.384 e. The largest absolute Gasteiger partial charge is 0.384 e. The maximum Gasteiger partial charge on any atom is 0.131 e. The molecule has 0 aliphatic carbocycles. The summed E-state index contributed by atoms with van der Waals surface area (Å²) in [5.74, 6) is 0. The van der Waals surface area contributed by atoms with Crippen molar-refractivity contribution in [3.63, 3.8) is 0 Å². The molecule has 0 atom stereocenters. The molecule has 2 N–H and O–H groups in total. The van der Waals surface area contributed by atoms with Gasteiger partial charge in [0.05, 0.1) is 0 Å². The van der Waals surface area contributed by atoms with Crippen molar-refractivity contribution in [1.82, 2.24) is 4.98 Å². The van der Waals surface area contributed by atoms with Crippen LogP contribution >= 0.6 is 11.6 Å². The average Bonchev–Trinajstić information content (AvgIpc) is 2.85. The number of hydrogen-bond acceptors (Lipinski definition) is 3. The minimum atomic E-state index is 0.511. The zero-order chi connectivity index (χ0) is 12.4. The van der Waals surface area contributed by atoms with Crippen molar-refractivity contribution in [2.24, 2.45) is 0 Å². The fourth-order valence-electron chi connectivity index (χ4n) is 2.27. The van der Waals surface area contributed by atoms with Crippen molar-refractivity contribution in [1.29, 1.82) is 0 Å². The molecule has 92 valence electrons. The fourth-order valence-corrected chi connectivity index (χ4v) is 2.44. The molecule has 0 unspecified atom stereocenters. The van der Waals surface area contributed by atoms with Gasteiger partial charge in [0.1, 0.15) is 5.15 Å². The summed E-state index contributed by atoms with van der Waals surface area (Å²) in [5, 5.41) is 7.32. The third kappa shape index (κ3) is 2.27.